The Balaban J connectivity index is 1.70. The van der Waals surface area contributed by atoms with Crippen LogP contribution in [0.5, 0.6) is 5.75 Å². The number of phenolic OH excluding ortho intramolecular Hbond substituents is 1. The van der Waals surface area contributed by atoms with E-state index in [-0.39, 0.29) is 24.3 Å². The minimum absolute atomic E-state index is 0.0212. The molecule has 4 N–H and O–H groups in total. The van der Waals surface area contributed by atoms with Crippen molar-refractivity contribution in [2.24, 2.45) is 0 Å². The van der Waals surface area contributed by atoms with Gasteiger partial charge in [0.1, 0.15) is 17.4 Å². The van der Waals surface area contributed by atoms with Gasteiger partial charge in [-0.25, -0.2) is 8.78 Å². The molecule has 0 bridgehead atoms. The summed E-state index contributed by atoms with van der Waals surface area (Å²) < 4.78 is 27.3. The van der Waals surface area contributed by atoms with Crippen LogP contribution in [-0.4, -0.2) is 34.8 Å². The first-order chi connectivity index (χ1) is 15.8. The van der Waals surface area contributed by atoms with Gasteiger partial charge in [-0.3, -0.25) is 4.79 Å². The van der Waals surface area contributed by atoms with Crippen LogP contribution in [0.15, 0.2) is 66.7 Å². The number of carbonyl (C=O) groups excluding carboxylic acids is 1. The second-order valence-electron chi connectivity index (χ2n) is 7.98. The van der Waals surface area contributed by atoms with Crippen LogP contribution in [-0.2, 0) is 19.4 Å². The van der Waals surface area contributed by atoms with E-state index >= 15 is 0 Å². The largest absolute Gasteiger partial charge is 0.508 e. The van der Waals surface area contributed by atoms with Gasteiger partial charge in [0.2, 0.25) is 0 Å². The zero-order chi connectivity index (χ0) is 23.8. The number of amides is 1. The maximum absolute atomic E-state index is 13.7. The van der Waals surface area contributed by atoms with E-state index in [4.69, 9.17) is 0 Å². The number of hydrogen-bond acceptors (Lipinski definition) is 4. The molecule has 174 valence electrons. The number of carbonyl (C=O) groups is 1. The molecule has 3 aromatic rings. The number of aromatic hydroxyl groups is 1. The van der Waals surface area contributed by atoms with Crippen molar-refractivity contribution < 1.29 is 23.8 Å². The summed E-state index contributed by atoms with van der Waals surface area (Å²) in [7, 11) is 0. The molecule has 7 heteroatoms. The van der Waals surface area contributed by atoms with Crippen molar-refractivity contribution in [2.75, 3.05) is 6.54 Å². The Bertz CT molecular complexity index is 1070. The van der Waals surface area contributed by atoms with Gasteiger partial charge >= 0.3 is 0 Å². The molecule has 0 aromatic heterocycles. The van der Waals surface area contributed by atoms with Crippen molar-refractivity contribution in [1.29, 1.82) is 0 Å². The second kappa shape index (κ2) is 11.5. The molecule has 0 aliphatic heterocycles. The van der Waals surface area contributed by atoms with Crippen molar-refractivity contribution in [3.8, 4) is 5.75 Å². The molecule has 0 fully saturated rings. The SMILES string of the molecule is CCc1cccc(CNC[C@@H](O)[C@H](Cc2cc(F)cc(F)c2)NC(=O)c2cccc(O)c2)c1. The maximum Gasteiger partial charge on any atom is 0.251 e. The highest BCUT2D eigenvalue weighted by molar-refractivity contribution is 5.94. The van der Waals surface area contributed by atoms with Gasteiger partial charge in [0.25, 0.3) is 5.91 Å². The average Bonchev–Trinajstić information content (AvgIpc) is 2.78. The van der Waals surface area contributed by atoms with Gasteiger partial charge in [-0.1, -0.05) is 37.3 Å². The zero-order valence-corrected chi connectivity index (χ0v) is 18.4. The van der Waals surface area contributed by atoms with Crippen LogP contribution in [0.25, 0.3) is 0 Å². The molecule has 0 saturated heterocycles. The maximum atomic E-state index is 13.7. The Hall–Kier alpha value is -3.29. The minimum atomic E-state index is -1.04. The predicted octanol–water partition coefficient (Wildman–Crippen LogP) is 3.72. The lowest BCUT2D eigenvalue weighted by Crippen LogP contribution is -2.48. The van der Waals surface area contributed by atoms with Crippen LogP contribution in [0, 0.1) is 11.6 Å². The molecule has 0 heterocycles. The molecule has 0 spiro atoms. The van der Waals surface area contributed by atoms with Gasteiger partial charge < -0.3 is 20.8 Å². The molecule has 3 aromatic carbocycles. The number of benzene rings is 3. The third kappa shape index (κ3) is 7.37. The number of nitrogens with one attached hydrogen (secondary N) is 2. The number of hydrogen-bond donors (Lipinski definition) is 4. The number of rotatable bonds is 10. The monoisotopic (exact) mass is 454 g/mol. The van der Waals surface area contributed by atoms with Crippen LogP contribution in [0.2, 0.25) is 0 Å². The number of aryl methyl sites for hydroxylation is 1. The van der Waals surface area contributed by atoms with E-state index < -0.39 is 29.7 Å². The smallest absolute Gasteiger partial charge is 0.251 e. The van der Waals surface area contributed by atoms with Crippen LogP contribution in [0.1, 0.15) is 34.0 Å². The fourth-order valence-electron chi connectivity index (χ4n) is 3.63. The first-order valence-corrected chi connectivity index (χ1v) is 10.9. The Morgan fingerprint density at radius 1 is 0.939 bits per heavy atom. The molecule has 0 aliphatic rings. The molecular weight excluding hydrogens is 426 g/mol. The molecule has 0 saturated carbocycles. The van der Waals surface area contributed by atoms with Gasteiger partial charge in [0.15, 0.2) is 0 Å². The summed E-state index contributed by atoms with van der Waals surface area (Å²) >= 11 is 0. The Labute approximate surface area is 192 Å². The lowest BCUT2D eigenvalue weighted by atomic mass is 10.00. The topological polar surface area (TPSA) is 81.6 Å². The molecule has 33 heavy (non-hydrogen) atoms. The van der Waals surface area contributed by atoms with Crippen LogP contribution >= 0.6 is 0 Å². The molecule has 0 aliphatic carbocycles. The molecular formula is C26H28F2N2O3. The quantitative estimate of drug-likeness (QED) is 0.376. The van der Waals surface area contributed by atoms with E-state index in [0.717, 1.165) is 18.1 Å². The molecule has 0 unspecified atom stereocenters. The lowest BCUT2D eigenvalue weighted by Gasteiger charge is -2.25. The highest BCUT2D eigenvalue weighted by atomic mass is 19.1. The van der Waals surface area contributed by atoms with E-state index in [1.807, 2.05) is 18.2 Å². The second-order valence-corrected chi connectivity index (χ2v) is 7.98. The fourth-order valence-corrected chi connectivity index (χ4v) is 3.63. The number of aliphatic hydroxyl groups is 1. The van der Waals surface area contributed by atoms with Gasteiger partial charge in [-0.15, -0.1) is 0 Å². The van der Waals surface area contributed by atoms with Crippen molar-refractivity contribution in [3.05, 3.63) is 101 Å². The standard InChI is InChI=1S/C26H28F2N2O3/c1-2-17-5-3-6-18(9-17)15-29-16-25(32)24(12-19-10-21(27)14-22(28)11-19)30-26(33)20-7-4-8-23(31)13-20/h3-11,13-14,24-25,29,31-32H,2,12,15-16H2,1H3,(H,30,33)/t24-,25+/m0/s1. The molecule has 3 rings (SSSR count). The predicted molar refractivity (Wildman–Crippen MR) is 123 cm³/mol. The average molecular weight is 455 g/mol. The Morgan fingerprint density at radius 2 is 1.64 bits per heavy atom. The Kier molecular flexibility index (Phi) is 8.52. The van der Waals surface area contributed by atoms with Crippen molar-refractivity contribution in [3.63, 3.8) is 0 Å². The third-order valence-corrected chi connectivity index (χ3v) is 5.35. The summed E-state index contributed by atoms with van der Waals surface area (Å²) in [5.74, 6) is -2.04. The number of halogens is 2. The van der Waals surface area contributed by atoms with Crippen LogP contribution in [0.3, 0.4) is 0 Å². The molecule has 2 atom stereocenters. The van der Waals surface area contributed by atoms with Crippen molar-refractivity contribution in [2.45, 2.75) is 38.5 Å². The van der Waals surface area contributed by atoms with Crippen molar-refractivity contribution >= 4 is 5.91 Å². The van der Waals surface area contributed by atoms with Crippen LogP contribution < -0.4 is 10.6 Å². The van der Waals surface area contributed by atoms with Crippen molar-refractivity contribution in [1.82, 2.24) is 10.6 Å². The van der Waals surface area contributed by atoms with Crippen LogP contribution in [0.4, 0.5) is 8.78 Å². The first-order valence-electron chi connectivity index (χ1n) is 10.9. The fraction of sp³-hybridized carbons (Fsp3) is 0.269. The van der Waals surface area contributed by atoms with E-state index in [1.165, 1.54) is 42.0 Å². The summed E-state index contributed by atoms with van der Waals surface area (Å²) in [4.78, 5) is 12.7. The highest BCUT2D eigenvalue weighted by Crippen LogP contribution is 2.15. The summed E-state index contributed by atoms with van der Waals surface area (Å²) in [6.45, 7) is 2.75. The highest BCUT2D eigenvalue weighted by Gasteiger charge is 2.23. The normalized spacial score (nSPS) is 12.8. The zero-order valence-electron chi connectivity index (χ0n) is 18.4. The van der Waals surface area contributed by atoms with E-state index in [9.17, 15) is 23.8 Å². The molecule has 5 nitrogen and oxygen atoms in total. The first kappa shape index (κ1) is 24.4. The van der Waals surface area contributed by atoms with E-state index in [1.54, 1.807) is 0 Å². The molecule has 1 amide bonds. The summed E-state index contributed by atoms with van der Waals surface area (Å²) in [6.07, 6.45) is -0.0936. The molecule has 0 radical (unpaired) electrons. The summed E-state index contributed by atoms with van der Waals surface area (Å²) in [5, 5.41) is 26.4. The van der Waals surface area contributed by atoms with E-state index in [2.05, 4.69) is 23.6 Å². The van der Waals surface area contributed by atoms with Gasteiger partial charge in [-0.05, 0) is 59.9 Å². The van der Waals surface area contributed by atoms with Gasteiger partial charge in [0, 0.05) is 24.7 Å². The number of phenols is 1. The number of aliphatic hydroxyl groups excluding tert-OH is 1. The summed E-state index contributed by atoms with van der Waals surface area (Å²) in [6, 6.07) is 16.2. The third-order valence-electron chi connectivity index (χ3n) is 5.35. The summed E-state index contributed by atoms with van der Waals surface area (Å²) in [5.41, 5.74) is 2.79. The lowest BCUT2D eigenvalue weighted by molar-refractivity contribution is 0.0829. The van der Waals surface area contributed by atoms with E-state index in [0.29, 0.717) is 12.1 Å². The van der Waals surface area contributed by atoms with Gasteiger partial charge in [-0.2, -0.15) is 0 Å². The van der Waals surface area contributed by atoms with Gasteiger partial charge in [0.05, 0.1) is 12.1 Å². The Morgan fingerprint density at radius 3 is 2.33 bits per heavy atom. The minimum Gasteiger partial charge on any atom is -0.508 e.